The molecule has 314 valence electrons. The maximum Gasteiger partial charge on any atom is 0.264 e. The number of methoxy groups -OCH3 is 1. The summed E-state index contributed by atoms with van der Waals surface area (Å²) < 4.78 is 12.8. The molecule has 5 aliphatic rings. The van der Waals surface area contributed by atoms with Gasteiger partial charge in [-0.2, -0.15) is 0 Å². The minimum atomic E-state index is -2.57. The van der Waals surface area contributed by atoms with E-state index in [1.54, 1.807) is 16.9 Å². The Kier molecular flexibility index (Phi) is 11.7. The van der Waals surface area contributed by atoms with E-state index in [9.17, 15) is 19.5 Å². The van der Waals surface area contributed by atoms with Crippen molar-refractivity contribution >= 4 is 54.0 Å². The molecule has 8 rings (SSSR count). The minimum absolute atomic E-state index is 0.0732. The predicted molar refractivity (Wildman–Crippen MR) is 229 cm³/mol. The molecule has 59 heavy (non-hydrogen) atoms. The summed E-state index contributed by atoms with van der Waals surface area (Å²) in [5.41, 5.74) is 1.75. The van der Waals surface area contributed by atoms with Crippen molar-refractivity contribution in [1.29, 1.82) is 0 Å². The second kappa shape index (κ2) is 16.8. The van der Waals surface area contributed by atoms with Crippen molar-refractivity contribution in [2.24, 2.45) is 5.92 Å². The average Bonchev–Trinajstić information content (AvgIpc) is 4.09. The number of likely N-dealkylation sites (tertiary alicyclic amines) is 1. The molecule has 4 fully saturated rings. The quantitative estimate of drug-likeness (QED) is 0.169. The molecule has 0 aliphatic carbocycles. The normalized spacial score (nSPS) is 27.7. The van der Waals surface area contributed by atoms with Gasteiger partial charge in [-0.3, -0.25) is 19.2 Å². The van der Waals surface area contributed by atoms with E-state index in [-0.39, 0.29) is 72.8 Å². The number of carbonyl (C=O) groups excluding carboxylic acids is 4. The Labute approximate surface area is 347 Å². The van der Waals surface area contributed by atoms with Gasteiger partial charge in [-0.1, -0.05) is 49.5 Å². The summed E-state index contributed by atoms with van der Waals surface area (Å²) in [5, 5.41) is 24.0. The molecule has 5 N–H and O–H groups in total. The molecular formula is C45H58N6O7Si. The Balaban J connectivity index is 1.18. The van der Waals surface area contributed by atoms with Crippen LogP contribution in [0.15, 0.2) is 66.7 Å². The molecule has 4 amide bonds. The van der Waals surface area contributed by atoms with Gasteiger partial charge in [-0.25, -0.2) is 0 Å². The molecule has 3 aromatic rings. The lowest BCUT2D eigenvalue weighted by Crippen LogP contribution is -2.52. The van der Waals surface area contributed by atoms with Crippen LogP contribution in [0.3, 0.4) is 0 Å². The molecule has 14 heteroatoms. The van der Waals surface area contributed by atoms with Gasteiger partial charge in [0.1, 0.15) is 5.75 Å². The molecule has 0 unspecified atom stereocenters. The average molecular weight is 823 g/mol. The van der Waals surface area contributed by atoms with E-state index in [0.717, 1.165) is 68.1 Å². The van der Waals surface area contributed by atoms with Crippen LogP contribution >= 0.6 is 0 Å². The van der Waals surface area contributed by atoms with Gasteiger partial charge in [0.2, 0.25) is 17.7 Å². The van der Waals surface area contributed by atoms with Crippen LogP contribution in [0.4, 0.5) is 17.1 Å². The molecule has 13 nitrogen and oxygen atoms in total. The highest BCUT2D eigenvalue weighted by Crippen LogP contribution is 2.60. The molecule has 5 heterocycles. The summed E-state index contributed by atoms with van der Waals surface area (Å²) in [7, 11) is -0.925. The fraction of sp³-hybridized carbons (Fsp3) is 0.511. The number of carbonyl (C=O) groups is 4. The lowest BCUT2D eigenvalue weighted by Gasteiger charge is -2.37. The fourth-order valence-electron chi connectivity index (χ4n) is 10.6. The van der Waals surface area contributed by atoms with Gasteiger partial charge in [-0.05, 0) is 105 Å². The first-order valence-electron chi connectivity index (χ1n) is 21.3. The van der Waals surface area contributed by atoms with E-state index in [1.807, 2.05) is 54.6 Å². The van der Waals surface area contributed by atoms with Crippen LogP contribution < -0.4 is 36.1 Å². The zero-order valence-electron chi connectivity index (χ0n) is 34.6. The van der Waals surface area contributed by atoms with E-state index in [0.29, 0.717) is 29.2 Å². The maximum absolute atomic E-state index is 15.6. The maximum atomic E-state index is 15.6. The van der Waals surface area contributed by atoms with Crippen LogP contribution in [0.1, 0.15) is 63.0 Å². The molecule has 0 radical (unpaired) electrons. The van der Waals surface area contributed by atoms with E-state index < -0.39 is 19.8 Å². The first-order valence-corrected chi connectivity index (χ1v) is 24.4. The number of hydrogen-bond acceptors (Lipinski definition) is 9. The second-order valence-corrected chi connectivity index (χ2v) is 22.2. The lowest BCUT2D eigenvalue weighted by molar-refractivity contribution is -0.150. The van der Waals surface area contributed by atoms with Crippen LogP contribution in [0.25, 0.3) is 0 Å². The highest BCUT2D eigenvalue weighted by atomic mass is 28.3. The smallest absolute Gasteiger partial charge is 0.264 e. The number of ether oxygens (including phenoxy) is 2. The lowest BCUT2D eigenvalue weighted by atomic mass is 9.82. The van der Waals surface area contributed by atoms with Crippen molar-refractivity contribution in [2.75, 3.05) is 48.9 Å². The van der Waals surface area contributed by atoms with Gasteiger partial charge >= 0.3 is 0 Å². The van der Waals surface area contributed by atoms with E-state index in [1.165, 1.54) is 0 Å². The third-order valence-corrected chi connectivity index (χ3v) is 18.0. The molecule has 0 bridgehead atoms. The van der Waals surface area contributed by atoms with Gasteiger partial charge in [0.25, 0.3) is 5.91 Å². The molecular weight excluding hydrogens is 765 g/mol. The second-order valence-electron chi connectivity index (χ2n) is 17.5. The number of fused-ring (bicyclic) bond motifs is 2. The van der Waals surface area contributed by atoms with Gasteiger partial charge in [0, 0.05) is 29.4 Å². The van der Waals surface area contributed by atoms with Gasteiger partial charge in [0.15, 0.2) is 5.60 Å². The van der Waals surface area contributed by atoms with Crippen LogP contribution in [0, 0.1) is 5.92 Å². The molecule has 0 saturated carbocycles. The van der Waals surface area contributed by atoms with Crippen molar-refractivity contribution < 1.29 is 33.8 Å². The number of nitrogens with one attached hydrogen (secondary N) is 4. The standard InChI is InChI=1S/C45H58N6O7Si/c1-28-41(59(3,4)34-17-15-33(57-2)16-18-34)39(25-40(53)50-22-8-11-32(50)27-52)58-45(28)35-24-31(49-43(55)37-13-7-21-47-37)14-19-38(35)51(44(45)56)26-29-9-5-10-30(23-29)48-42(54)36-12-6-20-46-36/h5,9-10,14-19,23-24,28,32,36-37,39,41,46-47,52H,6-8,11-13,20-22,25-27H2,1-4H3,(H,48,54)(H,49,55)/t28-,32-,36+,37+,39+,41-,45+/m0/s1. The van der Waals surface area contributed by atoms with Crippen LogP contribution in [-0.2, 0) is 36.1 Å². The number of anilines is 3. The number of aliphatic hydroxyl groups excluding tert-OH is 1. The third-order valence-electron chi connectivity index (χ3n) is 13.7. The monoisotopic (exact) mass is 822 g/mol. The molecule has 0 aromatic heterocycles. The van der Waals surface area contributed by atoms with E-state index in [2.05, 4.69) is 53.4 Å². The highest BCUT2D eigenvalue weighted by molar-refractivity contribution is 6.91. The Morgan fingerprint density at radius 3 is 2.22 bits per heavy atom. The summed E-state index contributed by atoms with van der Waals surface area (Å²) in [5.74, 6) is -0.133. The molecule has 7 atom stereocenters. The largest absolute Gasteiger partial charge is 0.497 e. The Morgan fingerprint density at radius 2 is 1.59 bits per heavy atom. The van der Waals surface area contributed by atoms with Gasteiger partial charge in [0.05, 0.1) is 64.7 Å². The number of hydrogen-bond donors (Lipinski definition) is 5. The molecule has 1 spiro atoms. The minimum Gasteiger partial charge on any atom is -0.497 e. The number of nitrogens with zero attached hydrogens (tertiary/aromatic N) is 2. The van der Waals surface area contributed by atoms with E-state index in [4.69, 9.17) is 9.47 Å². The molecule has 5 aliphatic heterocycles. The van der Waals surface area contributed by atoms with E-state index >= 15 is 4.79 Å². The predicted octanol–water partition coefficient (Wildman–Crippen LogP) is 4.21. The van der Waals surface area contributed by atoms with Crippen molar-refractivity contribution in [2.45, 2.75) is 107 Å². The number of aliphatic hydroxyl groups is 1. The first-order chi connectivity index (χ1) is 28.4. The number of amides is 4. The number of benzene rings is 3. The summed E-state index contributed by atoms with van der Waals surface area (Å²) >= 11 is 0. The third kappa shape index (κ3) is 7.69. The fourth-order valence-corrected chi connectivity index (χ4v) is 14.6. The zero-order valence-corrected chi connectivity index (χ0v) is 35.6. The van der Waals surface area contributed by atoms with Crippen molar-refractivity contribution in [3.05, 3.63) is 77.9 Å². The van der Waals surface area contributed by atoms with Crippen LogP contribution in [0.2, 0.25) is 18.6 Å². The van der Waals surface area contributed by atoms with Gasteiger partial charge in [-0.15, -0.1) is 0 Å². The SMILES string of the molecule is COc1ccc([Si](C)(C)[C@@H]2[C@@H](CC(=O)N3CCC[C@H]3CO)O[C@]3(C(=O)N(Cc4cccc(NC(=O)[C@H]5CCCN5)c4)c4ccc(NC(=O)[C@H]5CCCN5)cc43)[C@H]2C)cc1. The zero-order chi connectivity index (χ0) is 41.5. The van der Waals surface area contributed by atoms with Crippen molar-refractivity contribution in [3.8, 4) is 5.75 Å². The Morgan fingerprint density at radius 1 is 0.915 bits per heavy atom. The van der Waals surface area contributed by atoms with Gasteiger partial charge < -0.3 is 45.6 Å². The summed E-state index contributed by atoms with van der Waals surface area (Å²) in [6, 6.07) is 20.6. The Bertz CT molecular complexity index is 2070. The molecule has 4 saturated heterocycles. The summed E-state index contributed by atoms with van der Waals surface area (Å²) in [4.78, 5) is 59.8. The summed E-state index contributed by atoms with van der Waals surface area (Å²) in [6.45, 7) is 8.95. The molecule has 3 aromatic carbocycles. The highest BCUT2D eigenvalue weighted by Gasteiger charge is 2.66. The van der Waals surface area contributed by atoms with Crippen molar-refractivity contribution in [1.82, 2.24) is 15.5 Å². The summed E-state index contributed by atoms with van der Waals surface area (Å²) in [6.07, 6.45) is 4.46. The van der Waals surface area contributed by atoms with Crippen LogP contribution in [-0.4, -0.2) is 99.3 Å². The Hall–Kier alpha value is -4.60. The topological polar surface area (TPSA) is 162 Å². The first kappa shape index (κ1) is 41.1. The number of rotatable bonds is 12. The van der Waals surface area contributed by atoms with Crippen molar-refractivity contribution in [3.63, 3.8) is 0 Å². The van der Waals surface area contributed by atoms with Crippen LogP contribution in [0.5, 0.6) is 5.75 Å².